The second-order valence-corrected chi connectivity index (χ2v) is 8.51. The van der Waals surface area contributed by atoms with Gasteiger partial charge in [-0.2, -0.15) is 18.3 Å². The molecule has 3 aromatic rings. The number of halogens is 3. The summed E-state index contributed by atoms with van der Waals surface area (Å²) in [6, 6.07) is 8.45. The largest absolute Gasteiger partial charge is 0.507 e. The van der Waals surface area contributed by atoms with Gasteiger partial charge in [0, 0.05) is 32.4 Å². The third-order valence-corrected chi connectivity index (χ3v) is 5.86. The van der Waals surface area contributed by atoms with Gasteiger partial charge in [0.25, 0.3) is 11.8 Å². The quantitative estimate of drug-likeness (QED) is 0.606. The molecule has 1 aliphatic rings. The Bertz CT molecular complexity index is 1230. The van der Waals surface area contributed by atoms with Crippen LogP contribution in [0.2, 0.25) is 0 Å². The average molecular weight is 487 g/mol. The number of hydrogen-bond acceptors (Lipinski definition) is 5. The SMILES string of the molecule is CC(C)c1c(C(=O)N2CCN(C(=O)c3ccccc3O)CC2)cnn1-c1ccc(C(F)(F)F)cn1. The van der Waals surface area contributed by atoms with Gasteiger partial charge >= 0.3 is 6.18 Å². The monoisotopic (exact) mass is 487 g/mol. The van der Waals surface area contributed by atoms with E-state index in [4.69, 9.17) is 0 Å². The highest BCUT2D eigenvalue weighted by molar-refractivity contribution is 5.98. The van der Waals surface area contributed by atoms with E-state index in [1.807, 2.05) is 13.8 Å². The second kappa shape index (κ2) is 9.40. The Balaban J connectivity index is 1.51. The molecule has 0 radical (unpaired) electrons. The smallest absolute Gasteiger partial charge is 0.417 e. The molecule has 0 atom stereocenters. The zero-order chi connectivity index (χ0) is 25.3. The second-order valence-electron chi connectivity index (χ2n) is 8.51. The van der Waals surface area contributed by atoms with Crippen LogP contribution in [0.4, 0.5) is 13.2 Å². The number of phenolic OH excluding ortho intramolecular Hbond substituents is 1. The van der Waals surface area contributed by atoms with Crippen LogP contribution in [-0.4, -0.2) is 67.7 Å². The van der Waals surface area contributed by atoms with Crippen LogP contribution in [-0.2, 0) is 6.18 Å². The Morgan fingerprint density at radius 3 is 2.03 bits per heavy atom. The number of para-hydroxylation sites is 1. The van der Waals surface area contributed by atoms with E-state index < -0.39 is 11.7 Å². The number of alkyl halides is 3. The summed E-state index contributed by atoms with van der Waals surface area (Å²) in [5, 5.41) is 14.2. The predicted molar refractivity (Wildman–Crippen MR) is 120 cm³/mol. The molecular weight excluding hydrogens is 463 g/mol. The fourth-order valence-corrected chi connectivity index (χ4v) is 4.05. The highest BCUT2D eigenvalue weighted by Gasteiger charge is 2.32. The first-order chi connectivity index (χ1) is 16.6. The van der Waals surface area contributed by atoms with Crippen molar-refractivity contribution >= 4 is 11.8 Å². The number of hydrogen-bond donors (Lipinski definition) is 1. The normalized spacial score (nSPS) is 14.5. The number of pyridine rings is 1. The fourth-order valence-electron chi connectivity index (χ4n) is 4.05. The number of piperazine rings is 1. The van der Waals surface area contributed by atoms with Gasteiger partial charge in [-0.05, 0) is 30.2 Å². The number of rotatable bonds is 4. The fraction of sp³-hybridized carbons (Fsp3) is 0.333. The van der Waals surface area contributed by atoms with E-state index in [-0.39, 0.29) is 34.9 Å². The maximum atomic E-state index is 13.3. The summed E-state index contributed by atoms with van der Waals surface area (Å²) in [7, 11) is 0. The molecule has 0 unspecified atom stereocenters. The highest BCUT2D eigenvalue weighted by atomic mass is 19.4. The molecule has 1 N–H and O–H groups in total. The topological polar surface area (TPSA) is 91.6 Å². The van der Waals surface area contributed by atoms with Gasteiger partial charge in [-0.25, -0.2) is 9.67 Å². The lowest BCUT2D eigenvalue weighted by Gasteiger charge is -2.35. The average Bonchev–Trinajstić information content (AvgIpc) is 3.29. The van der Waals surface area contributed by atoms with Crippen molar-refractivity contribution in [3.63, 3.8) is 0 Å². The molecule has 1 aromatic carbocycles. The van der Waals surface area contributed by atoms with Crippen molar-refractivity contribution in [1.82, 2.24) is 24.6 Å². The van der Waals surface area contributed by atoms with E-state index in [2.05, 4.69) is 10.1 Å². The van der Waals surface area contributed by atoms with Crippen LogP contribution in [0, 0.1) is 0 Å². The molecule has 35 heavy (non-hydrogen) atoms. The summed E-state index contributed by atoms with van der Waals surface area (Å²) in [4.78, 5) is 33.1. The minimum absolute atomic E-state index is 0.0955. The van der Waals surface area contributed by atoms with Gasteiger partial charge in [0.15, 0.2) is 5.82 Å². The number of aromatic nitrogens is 3. The summed E-state index contributed by atoms with van der Waals surface area (Å²) in [5.74, 6) is -0.661. The van der Waals surface area contributed by atoms with Crippen LogP contribution >= 0.6 is 0 Å². The van der Waals surface area contributed by atoms with Crippen molar-refractivity contribution in [3.8, 4) is 11.6 Å². The molecule has 2 amide bonds. The first-order valence-corrected chi connectivity index (χ1v) is 11.1. The van der Waals surface area contributed by atoms with Crippen molar-refractivity contribution in [2.45, 2.75) is 25.9 Å². The molecule has 184 valence electrons. The van der Waals surface area contributed by atoms with E-state index in [1.165, 1.54) is 23.0 Å². The summed E-state index contributed by atoms with van der Waals surface area (Å²) < 4.78 is 40.1. The van der Waals surface area contributed by atoms with Crippen LogP contribution < -0.4 is 0 Å². The van der Waals surface area contributed by atoms with Crippen LogP contribution in [0.3, 0.4) is 0 Å². The Morgan fingerprint density at radius 1 is 0.914 bits per heavy atom. The Hall–Kier alpha value is -3.89. The van der Waals surface area contributed by atoms with Crippen LogP contribution in [0.15, 0.2) is 48.8 Å². The van der Waals surface area contributed by atoms with Gasteiger partial charge in [0.05, 0.1) is 28.6 Å². The Kier molecular flexibility index (Phi) is 6.51. The van der Waals surface area contributed by atoms with Crippen molar-refractivity contribution in [1.29, 1.82) is 0 Å². The zero-order valence-corrected chi connectivity index (χ0v) is 19.2. The summed E-state index contributed by atoms with van der Waals surface area (Å²) in [5.41, 5.74) is 0.212. The van der Waals surface area contributed by atoms with Crippen LogP contribution in [0.5, 0.6) is 5.75 Å². The molecule has 1 aliphatic heterocycles. The van der Waals surface area contributed by atoms with Gasteiger partial charge in [-0.15, -0.1) is 0 Å². The zero-order valence-electron chi connectivity index (χ0n) is 19.2. The molecular formula is C24H24F3N5O3. The molecule has 0 bridgehead atoms. The van der Waals surface area contributed by atoms with Crippen molar-refractivity contribution in [2.75, 3.05) is 26.2 Å². The molecule has 8 nitrogen and oxygen atoms in total. The number of phenols is 1. The van der Waals surface area contributed by atoms with E-state index in [0.29, 0.717) is 37.4 Å². The number of benzene rings is 1. The first kappa shape index (κ1) is 24.2. The molecule has 0 spiro atoms. The van der Waals surface area contributed by atoms with Crippen molar-refractivity contribution in [2.24, 2.45) is 0 Å². The molecule has 0 aliphatic carbocycles. The lowest BCUT2D eigenvalue weighted by atomic mass is 10.0. The number of carbonyl (C=O) groups is 2. The van der Waals surface area contributed by atoms with E-state index in [9.17, 15) is 27.9 Å². The number of aromatic hydroxyl groups is 1. The van der Waals surface area contributed by atoms with Gasteiger partial charge in [-0.3, -0.25) is 9.59 Å². The molecule has 4 rings (SSSR count). The maximum absolute atomic E-state index is 13.3. The maximum Gasteiger partial charge on any atom is 0.417 e. The molecule has 11 heteroatoms. The third-order valence-electron chi connectivity index (χ3n) is 5.86. The summed E-state index contributed by atoms with van der Waals surface area (Å²) >= 11 is 0. The van der Waals surface area contributed by atoms with E-state index >= 15 is 0 Å². The Labute approximate surface area is 199 Å². The molecule has 0 saturated carbocycles. The van der Waals surface area contributed by atoms with Crippen LogP contribution in [0.25, 0.3) is 5.82 Å². The van der Waals surface area contributed by atoms with E-state index in [0.717, 1.165) is 12.3 Å². The van der Waals surface area contributed by atoms with Gasteiger partial charge in [-0.1, -0.05) is 26.0 Å². The summed E-state index contributed by atoms with van der Waals surface area (Å²) in [6.45, 7) is 4.89. The van der Waals surface area contributed by atoms with Crippen LogP contribution in [0.1, 0.15) is 51.7 Å². The lowest BCUT2D eigenvalue weighted by molar-refractivity contribution is -0.137. The van der Waals surface area contributed by atoms with Crippen molar-refractivity contribution < 1.29 is 27.9 Å². The predicted octanol–water partition coefficient (Wildman–Crippen LogP) is 3.71. The van der Waals surface area contributed by atoms with Gasteiger partial charge in [0.1, 0.15) is 5.75 Å². The Morgan fingerprint density at radius 2 is 1.51 bits per heavy atom. The minimum Gasteiger partial charge on any atom is -0.507 e. The molecule has 1 saturated heterocycles. The molecule has 2 aromatic heterocycles. The minimum atomic E-state index is -4.50. The van der Waals surface area contributed by atoms with Crippen molar-refractivity contribution in [3.05, 3.63) is 71.2 Å². The molecule has 1 fully saturated rings. The number of carbonyl (C=O) groups excluding carboxylic acids is 2. The molecule has 3 heterocycles. The number of nitrogens with zero attached hydrogens (tertiary/aromatic N) is 5. The van der Waals surface area contributed by atoms with E-state index in [1.54, 1.807) is 28.0 Å². The third kappa shape index (κ3) is 4.84. The lowest BCUT2D eigenvalue weighted by Crippen LogP contribution is -2.50. The standard InChI is InChI=1S/C24H24F3N5O3/c1-15(2)21-18(14-29-32(21)20-8-7-16(13-28-20)24(25,26)27)23(35)31-11-9-30(10-12-31)22(34)17-5-3-4-6-19(17)33/h3-8,13-15,33H,9-12H2,1-2H3. The summed E-state index contributed by atoms with van der Waals surface area (Å²) in [6.07, 6.45) is -2.36. The first-order valence-electron chi connectivity index (χ1n) is 11.1. The highest BCUT2D eigenvalue weighted by Crippen LogP contribution is 2.30. The number of amides is 2. The van der Waals surface area contributed by atoms with Gasteiger partial charge in [0.2, 0.25) is 0 Å². The van der Waals surface area contributed by atoms with Gasteiger partial charge < -0.3 is 14.9 Å².